The highest BCUT2D eigenvalue weighted by atomic mass is 16.5. The molecule has 0 radical (unpaired) electrons. The maximum Gasteiger partial charge on any atom is 0.139 e. The zero-order valence-corrected chi connectivity index (χ0v) is 6.13. The van der Waals surface area contributed by atoms with Crippen molar-refractivity contribution in [2.45, 2.75) is 37.9 Å². The number of hydrogen-bond acceptors (Lipinski definition) is 2. The Labute approximate surface area is 57.2 Å². The van der Waals surface area contributed by atoms with Gasteiger partial charge < -0.3 is 10.5 Å². The van der Waals surface area contributed by atoms with Crippen molar-refractivity contribution in [3.8, 4) is 0 Å². The van der Waals surface area contributed by atoms with E-state index in [-0.39, 0.29) is 6.04 Å². The van der Waals surface area contributed by atoms with Crippen LogP contribution in [0.3, 0.4) is 0 Å². The van der Waals surface area contributed by atoms with Crippen LogP contribution in [0.5, 0.6) is 0 Å². The molecule has 9 heavy (non-hydrogen) atoms. The van der Waals surface area contributed by atoms with E-state index in [2.05, 4.69) is 14.8 Å². The SMILES string of the molecule is B[C@H]1CC(N)[C@@H](CC)O1. The van der Waals surface area contributed by atoms with E-state index in [1.165, 1.54) is 0 Å². The standard InChI is InChI=1S/C6H14BNO/c1-2-5-4(8)3-6(7)9-5/h4-6H,2-3,7-8H2,1H3/t4?,5-,6-/m1/s1. The molecule has 1 aliphatic rings. The van der Waals surface area contributed by atoms with E-state index < -0.39 is 0 Å². The first kappa shape index (κ1) is 7.10. The lowest BCUT2D eigenvalue weighted by molar-refractivity contribution is 0.0802. The van der Waals surface area contributed by atoms with Gasteiger partial charge in [-0.15, -0.1) is 0 Å². The van der Waals surface area contributed by atoms with E-state index >= 15 is 0 Å². The van der Waals surface area contributed by atoms with E-state index in [1.54, 1.807) is 0 Å². The van der Waals surface area contributed by atoms with Crippen molar-refractivity contribution in [2.24, 2.45) is 5.73 Å². The summed E-state index contributed by atoms with van der Waals surface area (Å²) in [5.74, 6) is 0. The third kappa shape index (κ3) is 1.46. The smallest absolute Gasteiger partial charge is 0.139 e. The Morgan fingerprint density at radius 1 is 1.78 bits per heavy atom. The molecule has 0 aromatic rings. The van der Waals surface area contributed by atoms with Gasteiger partial charge in [0, 0.05) is 12.0 Å². The highest BCUT2D eigenvalue weighted by Crippen LogP contribution is 2.18. The second-order valence-corrected chi connectivity index (χ2v) is 2.79. The molecular weight excluding hydrogens is 113 g/mol. The van der Waals surface area contributed by atoms with Crippen LogP contribution in [-0.4, -0.2) is 26.0 Å². The van der Waals surface area contributed by atoms with Crippen molar-refractivity contribution in [3.05, 3.63) is 0 Å². The van der Waals surface area contributed by atoms with Crippen LogP contribution in [0.4, 0.5) is 0 Å². The first-order valence-corrected chi connectivity index (χ1v) is 3.65. The Hall–Kier alpha value is -0.0151. The highest BCUT2D eigenvalue weighted by Gasteiger charge is 2.27. The van der Waals surface area contributed by atoms with Crippen LogP contribution in [0.1, 0.15) is 19.8 Å². The monoisotopic (exact) mass is 127 g/mol. The highest BCUT2D eigenvalue weighted by molar-refractivity contribution is 6.11. The Balaban J connectivity index is 2.38. The molecule has 0 bridgehead atoms. The average Bonchev–Trinajstić information content (AvgIpc) is 2.10. The van der Waals surface area contributed by atoms with Gasteiger partial charge in [0.25, 0.3) is 0 Å². The van der Waals surface area contributed by atoms with Gasteiger partial charge in [-0.2, -0.15) is 0 Å². The predicted octanol–water partition coefficient (Wildman–Crippen LogP) is -0.528. The normalized spacial score (nSPS) is 43.6. The fourth-order valence-corrected chi connectivity index (χ4v) is 1.39. The molecule has 0 amide bonds. The maximum absolute atomic E-state index is 5.75. The van der Waals surface area contributed by atoms with Crippen LogP contribution >= 0.6 is 0 Å². The minimum absolute atomic E-state index is 0.282. The lowest BCUT2D eigenvalue weighted by atomic mass is 9.95. The molecule has 2 nitrogen and oxygen atoms in total. The first-order chi connectivity index (χ1) is 4.24. The van der Waals surface area contributed by atoms with Gasteiger partial charge in [0.1, 0.15) is 7.85 Å². The summed E-state index contributed by atoms with van der Waals surface area (Å²) in [5, 5.41) is 0. The van der Waals surface area contributed by atoms with Crippen molar-refractivity contribution in [1.82, 2.24) is 0 Å². The molecule has 1 fully saturated rings. The summed E-state index contributed by atoms with van der Waals surface area (Å²) in [7, 11) is 2.08. The zero-order valence-electron chi connectivity index (χ0n) is 6.13. The molecule has 52 valence electrons. The number of ether oxygens (including phenoxy) is 1. The summed E-state index contributed by atoms with van der Waals surface area (Å²) in [6, 6.07) is 0.662. The van der Waals surface area contributed by atoms with Gasteiger partial charge >= 0.3 is 0 Å². The largest absolute Gasteiger partial charge is 0.382 e. The van der Waals surface area contributed by atoms with Crippen LogP contribution in [0.2, 0.25) is 0 Å². The summed E-state index contributed by atoms with van der Waals surface area (Å²) >= 11 is 0. The van der Waals surface area contributed by atoms with E-state index in [1.807, 2.05) is 0 Å². The zero-order chi connectivity index (χ0) is 6.85. The minimum atomic E-state index is 0.282. The van der Waals surface area contributed by atoms with Gasteiger partial charge in [0.15, 0.2) is 0 Å². The molecule has 1 aliphatic heterocycles. The first-order valence-electron chi connectivity index (χ1n) is 3.65. The summed E-state index contributed by atoms with van der Waals surface area (Å²) < 4.78 is 5.50. The van der Waals surface area contributed by atoms with Crippen LogP contribution in [0, 0.1) is 0 Å². The van der Waals surface area contributed by atoms with Gasteiger partial charge in [0.05, 0.1) is 6.10 Å². The number of hydrogen-bond donors (Lipinski definition) is 1. The van der Waals surface area contributed by atoms with Crippen LogP contribution in [0.15, 0.2) is 0 Å². The topological polar surface area (TPSA) is 35.2 Å². The average molecular weight is 127 g/mol. The van der Waals surface area contributed by atoms with Gasteiger partial charge in [-0.1, -0.05) is 6.92 Å². The number of nitrogens with two attached hydrogens (primary N) is 1. The van der Waals surface area contributed by atoms with Gasteiger partial charge in [-0.25, -0.2) is 0 Å². The fraction of sp³-hybridized carbons (Fsp3) is 1.00. The molecule has 0 aromatic heterocycles. The van der Waals surface area contributed by atoms with Crippen molar-refractivity contribution in [2.75, 3.05) is 0 Å². The Kier molecular flexibility index (Phi) is 2.14. The third-order valence-corrected chi connectivity index (χ3v) is 1.89. The summed E-state index contributed by atoms with van der Waals surface area (Å²) in [4.78, 5) is 0. The molecule has 3 heteroatoms. The summed E-state index contributed by atoms with van der Waals surface area (Å²) in [6.07, 6.45) is 2.39. The Morgan fingerprint density at radius 3 is 2.67 bits per heavy atom. The van der Waals surface area contributed by atoms with Crippen molar-refractivity contribution < 1.29 is 4.74 Å². The fourth-order valence-electron chi connectivity index (χ4n) is 1.39. The third-order valence-electron chi connectivity index (χ3n) is 1.89. The lowest BCUT2D eigenvalue weighted by Gasteiger charge is -2.10. The quantitative estimate of drug-likeness (QED) is 0.480. The van der Waals surface area contributed by atoms with Gasteiger partial charge in [0.2, 0.25) is 0 Å². The van der Waals surface area contributed by atoms with Crippen LogP contribution < -0.4 is 5.73 Å². The Morgan fingerprint density at radius 2 is 2.44 bits per heavy atom. The molecule has 1 unspecified atom stereocenters. The molecule has 0 aromatic carbocycles. The van der Waals surface area contributed by atoms with Crippen molar-refractivity contribution in [3.63, 3.8) is 0 Å². The molecule has 0 aliphatic carbocycles. The molecule has 0 spiro atoms. The molecule has 2 N–H and O–H groups in total. The van der Waals surface area contributed by atoms with Crippen LogP contribution in [0.25, 0.3) is 0 Å². The second-order valence-electron chi connectivity index (χ2n) is 2.79. The summed E-state index contributed by atoms with van der Waals surface area (Å²) in [6.45, 7) is 2.11. The van der Waals surface area contributed by atoms with Crippen molar-refractivity contribution >= 4 is 7.85 Å². The minimum Gasteiger partial charge on any atom is -0.382 e. The van der Waals surface area contributed by atoms with Gasteiger partial charge in [-0.05, 0) is 12.8 Å². The maximum atomic E-state index is 5.75. The van der Waals surface area contributed by atoms with E-state index in [9.17, 15) is 0 Å². The molecule has 0 saturated carbocycles. The van der Waals surface area contributed by atoms with Gasteiger partial charge in [-0.3, -0.25) is 0 Å². The predicted molar refractivity (Wildman–Crippen MR) is 40.1 cm³/mol. The van der Waals surface area contributed by atoms with Crippen molar-refractivity contribution in [1.29, 1.82) is 0 Å². The molecule has 1 rings (SSSR count). The van der Waals surface area contributed by atoms with E-state index in [0.29, 0.717) is 12.1 Å². The second kappa shape index (κ2) is 2.71. The Bertz CT molecular complexity index is 99.1. The summed E-state index contributed by atoms with van der Waals surface area (Å²) in [5.41, 5.74) is 5.75. The molecule has 1 saturated heterocycles. The molecule has 1 heterocycles. The van der Waals surface area contributed by atoms with E-state index in [0.717, 1.165) is 12.8 Å². The number of rotatable bonds is 1. The molecule has 3 atom stereocenters. The molecular formula is C6H14BNO. The van der Waals surface area contributed by atoms with Crippen LogP contribution in [-0.2, 0) is 4.74 Å². The lowest BCUT2D eigenvalue weighted by Crippen LogP contribution is -2.29. The van der Waals surface area contributed by atoms with E-state index in [4.69, 9.17) is 10.5 Å².